The number of hydrogen-bond acceptors (Lipinski definition) is 3. The van der Waals surface area contributed by atoms with Gasteiger partial charge in [0.2, 0.25) is 0 Å². The molecule has 4 heteroatoms. The summed E-state index contributed by atoms with van der Waals surface area (Å²) in [6.45, 7) is 0.811. The number of aromatic nitrogens is 1. The van der Waals surface area contributed by atoms with Crippen molar-refractivity contribution in [3.05, 3.63) is 59.4 Å². The highest BCUT2D eigenvalue weighted by Crippen LogP contribution is 2.21. The molecule has 0 saturated heterocycles. The van der Waals surface area contributed by atoms with Gasteiger partial charge in [0.1, 0.15) is 6.07 Å². The molecule has 1 aromatic heterocycles. The van der Waals surface area contributed by atoms with Crippen LogP contribution >= 0.6 is 11.6 Å². The molecule has 2 aromatic rings. The molecular weight excluding hydrogens is 270 g/mol. The SMILES string of the molecule is CN(CCc1ccccn1)c1ccc(CCl)cc1C#N. The first-order valence-electron chi connectivity index (χ1n) is 6.44. The molecule has 0 fully saturated rings. The number of likely N-dealkylation sites (N-methyl/N-ethyl adjacent to an activating group) is 1. The van der Waals surface area contributed by atoms with Crippen LogP contribution in [0.5, 0.6) is 0 Å². The Morgan fingerprint density at radius 3 is 2.80 bits per heavy atom. The van der Waals surface area contributed by atoms with E-state index >= 15 is 0 Å². The van der Waals surface area contributed by atoms with Gasteiger partial charge in [0.25, 0.3) is 0 Å². The lowest BCUT2D eigenvalue weighted by Gasteiger charge is -2.20. The Labute approximate surface area is 124 Å². The van der Waals surface area contributed by atoms with Crippen LogP contribution < -0.4 is 4.90 Å². The highest BCUT2D eigenvalue weighted by molar-refractivity contribution is 6.17. The van der Waals surface area contributed by atoms with E-state index in [1.807, 2.05) is 43.4 Å². The molecule has 0 N–H and O–H groups in total. The Balaban J connectivity index is 2.09. The Morgan fingerprint density at radius 2 is 2.15 bits per heavy atom. The number of rotatable bonds is 5. The largest absolute Gasteiger partial charge is 0.373 e. The average Bonchev–Trinajstić information content (AvgIpc) is 2.52. The summed E-state index contributed by atoms with van der Waals surface area (Å²) in [5.41, 5.74) is 3.60. The van der Waals surface area contributed by atoms with E-state index in [-0.39, 0.29) is 0 Å². The van der Waals surface area contributed by atoms with E-state index in [9.17, 15) is 5.26 Å². The van der Waals surface area contributed by atoms with Crippen LogP contribution in [0.2, 0.25) is 0 Å². The van der Waals surface area contributed by atoms with Crippen molar-refractivity contribution in [3.8, 4) is 6.07 Å². The fourth-order valence-electron chi connectivity index (χ4n) is 2.04. The fraction of sp³-hybridized carbons (Fsp3) is 0.250. The Hall–Kier alpha value is -2.05. The number of pyridine rings is 1. The van der Waals surface area contributed by atoms with Gasteiger partial charge in [-0.3, -0.25) is 4.98 Å². The molecule has 0 unspecified atom stereocenters. The summed E-state index contributed by atoms with van der Waals surface area (Å²) in [4.78, 5) is 6.38. The molecule has 0 amide bonds. The summed E-state index contributed by atoms with van der Waals surface area (Å²) < 4.78 is 0. The Bertz CT molecular complexity index is 605. The Morgan fingerprint density at radius 1 is 1.30 bits per heavy atom. The lowest BCUT2D eigenvalue weighted by atomic mass is 10.1. The van der Waals surface area contributed by atoms with Crippen molar-refractivity contribution in [2.24, 2.45) is 0 Å². The second-order valence-electron chi connectivity index (χ2n) is 4.59. The monoisotopic (exact) mass is 285 g/mol. The van der Waals surface area contributed by atoms with Crippen LogP contribution in [0, 0.1) is 11.3 Å². The van der Waals surface area contributed by atoms with E-state index in [1.54, 1.807) is 6.20 Å². The van der Waals surface area contributed by atoms with Gasteiger partial charge < -0.3 is 4.90 Å². The summed E-state index contributed by atoms with van der Waals surface area (Å²) in [7, 11) is 1.99. The van der Waals surface area contributed by atoms with Gasteiger partial charge in [-0.25, -0.2) is 0 Å². The van der Waals surface area contributed by atoms with Crippen molar-refractivity contribution in [2.45, 2.75) is 12.3 Å². The standard InChI is InChI=1S/C16H16ClN3/c1-20(9-7-15-4-2-3-8-19-15)16-6-5-13(11-17)10-14(16)12-18/h2-6,8,10H,7,9,11H2,1H3. The predicted molar refractivity (Wildman–Crippen MR) is 81.9 cm³/mol. The van der Waals surface area contributed by atoms with Gasteiger partial charge in [-0.05, 0) is 29.8 Å². The zero-order valence-electron chi connectivity index (χ0n) is 11.4. The number of alkyl halides is 1. The van der Waals surface area contributed by atoms with Crippen LogP contribution in [0.15, 0.2) is 42.6 Å². The van der Waals surface area contributed by atoms with E-state index < -0.39 is 0 Å². The van der Waals surface area contributed by atoms with Crippen LogP contribution in [-0.2, 0) is 12.3 Å². The summed E-state index contributed by atoms with van der Waals surface area (Å²) in [6.07, 6.45) is 2.64. The van der Waals surface area contributed by atoms with Gasteiger partial charge in [0.15, 0.2) is 0 Å². The smallest absolute Gasteiger partial charge is 0.101 e. The normalized spacial score (nSPS) is 10.1. The third-order valence-electron chi connectivity index (χ3n) is 3.18. The molecule has 0 bridgehead atoms. The minimum atomic E-state index is 0.423. The molecule has 1 aromatic carbocycles. The van der Waals surface area contributed by atoms with Gasteiger partial charge in [-0.15, -0.1) is 11.6 Å². The molecule has 0 aliphatic carbocycles. The lowest BCUT2D eigenvalue weighted by molar-refractivity contribution is 0.851. The average molecular weight is 286 g/mol. The van der Waals surface area contributed by atoms with Crippen molar-refractivity contribution in [2.75, 3.05) is 18.5 Å². The number of nitrogens with zero attached hydrogens (tertiary/aromatic N) is 3. The van der Waals surface area contributed by atoms with Crippen molar-refractivity contribution in [3.63, 3.8) is 0 Å². The maximum absolute atomic E-state index is 9.24. The Kier molecular flexibility index (Phi) is 4.97. The molecule has 0 atom stereocenters. The highest BCUT2D eigenvalue weighted by atomic mass is 35.5. The van der Waals surface area contributed by atoms with Gasteiger partial charge in [-0.1, -0.05) is 12.1 Å². The maximum atomic E-state index is 9.24. The second-order valence-corrected chi connectivity index (χ2v) is 4.86. The fourth-order valence-corrected chi connectivity index (χ4v) is 2.20. The second kappa shape index (κ2) is 6.93. The summed E-state index contributed by atoms with van der Waals surface area (Å²) in [5, 5.41) is 9.24. The molecule has 20 heavy (non-hydrogen) atoms. The molecule has 0 aliphatic heterocycles. The van der Waals surface area contributed by atoms with Crippen molar-refractivity contribution < 1.29 is 0 Å². The summed E-state index contributed by atoms with van der Waals surface area (Å²) in [6, 6.07) is 13.9. The molecule has 0 aliphatic rings. The minimum Gasteiger partial charge on any atom is -0.373 e. The third kappa shape index (κ3) is 3.49. The molecular formula is C16H16ClN3. The third-order valence-corrected chi connectivity index (χ3v) is 3.49. The van der Waals surface area contributed by atoms with Crippen molar-refractivity contribution in [1.29, 1.82) is 5.26 Å². The number of hydrogen-bond donors (Lipinski definition) is 0. The molecule has 2 rings (SSSR count). The molecule has 0 radical (unpaired) electrons. The van der Waals surface area contributed by atoms with Crippen LogP contribution in [0.3, 0.4) is 0 Å². The number of benzene rings is 1. The highest BCUT2D eigenvalue weighted by Gasteiger charge is 2.08. The molecule has 1 heterocycles. The molecule has 0 spiro atoms. The van der Waals surface area contributed by atoms with Gasteiger partial charge >= 0.3 is 0 Å². The van der Waals surface area contributed by atoms with E-state index in [0.717, 1.165) is 29.9 Å². The van der Waals surface area contributed by atoms with Gasteiger partial charge in [-0.2, -0.15) is 5.26 Å². The van der Waals surface area contributed by atoms with Crippen molar-refractivity contribution in [1.82, 2.24) is 4.98 Å². The van der Waals surface area contributed by atoms with Crippen LogP contribution in [0.1, 0.15) is 16.8 Å². The molecule has 102 valence electrons. The van der Waals surface area contributed by atoms with E-state index in [4.69, 9.17) is 11.6 Å². The van der Waals surface area contributed by atoms with E-state index in [0.29, 0.717) is 11.4 Å². The van der Waals surface area contributed by atoms with Crippen molar-refractivity contribution >= 4 is 17.3 Å². The minimum absolute atomic E-state index is 0.423. The molecule has 3 nitrogen and oxygen atoms in total. The van der Waals surface area contributed by atoms with Crippen LogP contribution in [0.4, 0.5) is 5.69 Å². The number of nitriles is 1. The van der Waals surface area contributed by atoms with E-state index in [2.05, 4.69) is 16.0 Å². The lowest BCUT2D eigenvalue weighted by Crippen LogP contribution is -2.21. The zero-order chi connectivity index (χ0) is 14.4. The first-order chi connectivity index (χ1) is 9.74. The predicted octanol–water partition coefficient (Wildman–Crippen LogP) is 3.37. The van der Waals surface area contributed by atoms with Gasteiger partial charge in [0, 0.05) is 37.8 Å². The quantitative estimate of drug-likeness (QED) is 0.791. The zero-order valence-corrected chi connectivity index (χ0v) is 12.1. The van der Waals surface area contributed by atoms with Gasteiger partial charge in [0.05, 0.1) is 11.3 Å². The first-order valence-corrected chi connectivity index (χ1v) is 6.98. The van der Waals surface area contributed by atoms with Crippen LogP contribution in [0.25, 0.3) is 0 Å². The molecule has 0 saturated carbocycles. The summed E-state index contributed by atoms with van der Waals surface area (Å²) in [5.74, 6) is 0.423. The maximum Gasteiger partial charge on any atom is 0.101 e. The first kappa shape index (κ1) is 14.4. The topological polar surface area (TPSA) is 39.9 Å². The summed E-state index contributed by atoms with van der Waals surface area (Å²) >= 11 is 5.80. The van der Waals surface area contributed by atoms with E-state index in [1.165, 1.54) is 0 Å². The number of halogens is 1. The van der Waals surface area contributed by atoms with Crippen LogP contribution in [-0.4, -0.2) is 18.6 Å². The number of anilines is 1.